The fourth-order valence-corrected chi connectivity index (χ4v) is 3.80. The number of aromatic hydroxyl groups is 1. The smallest absolute Gasteiger partial charge is 0.227 e. The number of benzene rings is 1. The lowest BCUT2D eigenvalue weighted by Gasteiger charge is -2.32. The summed E-state index contributed by atoms with van der Waals surface area (Å²) in [5.41, 5.74) is 0.447. The summed E-state index contributed by atoms with van der Waals surface area (Å²) in [6, 6.07) is 6.74. The van der Waals surface area contributed by atoms with Crippen LogP contribution < -0.4 is 5.32 Å². The maximum Gasteiger partial charge on any atom is 0.227 e. The molecule has 1 aliphatic carbocycles. The third-order valence-corrected chi connectivity index (χ3v) is 5.32. The van der Waals surface area contributed by atoms with E-state index in [0.29, 0.717) is 44.0 Å². The fourth-order valence-electron chi connectivity index (χ4n) is 3.80. The molecule has 2 amide bonds. The molecular weight excluding hydrogens is 304 g/mol. The number of carbonyl (C=O) groups excluding carboxylic acids is 2. The second-order valence-corrected chi connectivity index (χ2v) is 7.02. The molecule has 0 bridgehead atoms. The molecule has 1 saturated heterocycles. The van der Waals surface area contributed by atoms with Crippen LogP contribution in [0.5, 0.6) is 5.75 Å². The minimum atomic E-state index is -0.0971. The molecule has 2 fully saturated rings. The van der Waals surface area contributed by atoms with Crippen LogP contribution in [0.3, 0.4) is 0 Å². The fraction of sp³-hybridized carbons (Fsp3) is 0.579. The van der Waals surface area contributed by atoms with Gasteiger partial charge < -0.3 is 15.3 Å². The van der Waals surface area contributed by atoms with Crippen LogP contribution in [-0.4, -0.2) is 34.9 Å². The minimum absolute atomic E-state index is 0.0700. The molecule has 1 saturated carbocycles. The van der Waals surface area contributed by atoms with E-state index in [1.807, 2.05) is 4.90 Å². The molecule has 3 rings (SSSR count). The van der Waals surface area contributed by atoms with Crippen LogP contribution in [0.1, 0.15) is 44.9 Å². The molecule has 5 nitrogen and oxygen atoms in total. The van der Waals surface area contributed by atoms with Crippen molar-refractivity contribution in [2.45, 2.75) is 44.9 Å². The topological polar surface area (TPSA) is 69.6 Å². The minimum Gasteiger partial charge on any atom is -0.506 e. The van der Waals surface area contributed by atoms with Crippen molar-refractivity contribution in [3.05, 3.63) is 24.3 Å². The number of phenols is 1. The van der Waals surface area contributed by atoms with Gasteiger partial charge in [0.05, 0.1) is 5.69 Å². The van der Waals surface area contributed by atoms with E-state index in [2.05, 4.69) is 5.32 Å². The first-order valence-electron chi connectivity index (χ1n) is 9.00. The van der Waals surface area contributed by atoms with Crippen molar-refractivity contribution >= 4 is 17.5 Å². The lowest BCUT2D eigenvalue weighted by molar-refractivity contribution is -0.135. The van der Waals surface area contributed by atoms with Gasteiger partial charge in [-0.15, -0.1) is 0 Å². The van der Waals surface area contributed by atoms with Crippen molar-refractivity contribution in [2.75, 3.05) is 18.4 Å². The molecule has 24 heavy (non-hydrogen) atoms. The molecule has 0 aromatic heterocycles. The third-order valence-electron chi connectivity index (χ3n) is 5.32. The highest BCUT2D eigenvalue weighted by molar-refractivity contribution is 5.94. The number of nitrogens with one attached hydrogen (secondary N) is 1. The van der Waals surface area contributed by atoms with E-state index in [-0.39, 0.29) is 23.5 Å². The number of likely N-dealkylation sites (tertiary alicyclic amines) is 1. The Kier molecular flexibility index (Phi) is 5.38. The van der Waals surface area contributed by atoms with Crippen LogP contribution in [0.25, 0.3) is 0 Å². The quantitative estimate of drug-likeness (QED) is 0.833. The molecule has 1 heterocycles. The second-order valence-electron chi connectivity index (χ2n) is 7.02. The number of nitrogens with zero attached hydrogens (tertiary/aromatic N) is 1. The largest absolute Gasteiger partial charge is 0.506 e. The van der Waals surface area contributed by atoms with Crippen LogP contribution >= 0.6 is 0 Å². The number of carbonyl (C=O) groups is 2. The van der Waals surface area contributed by atoms with Crippen LogP contribution in [-0.2, 0) is 9.59 Å². The van der Waals surface area contributed by atoms with E-state index < -0.39 is 0 Å². The predicted octanol–water partition coefficient (Wildman–Crippen LogP) is 3.15. The average Bonchev–Trinajstić information content (AvgIpc) is 3.10. The molecule has 2 N–H and O–H groups in total. The van der Waals surface area contributed by atoms with Crippen molar-refractivity contribution < 1.29 is 14.7 Å². The van der Waals surface area contributed by atoms with Gasteiger partial charge in [-0.3, -0.25) is 9.59 Å². The highest BCUT2D eigenvalue weighted by atomic mass is 16.3. The number of hydrogen-bond acceptors (Lipinski definition) is 3. The predicted molar refractivity (Wildman–Crippen MR) is 92.6 cm³/mol. The van der Waals surface area contributed by atoms with Gasteiger partial charge in [-0.05, 0) is 43.7 Å². The number of hydrogen-bond donors (Lipinski definition) is 2. The van der Waals surface area contributed by atoms with Crippen LogP contribution in [0.2, 0.25) is 0 Å². The summed E-state index contributed by atoms with van der Waals surface area (Å²) in [5, 5.41) is 12.5. The highest BCUT2D eigenvalue weighted by Crippen LogP contribution is 2.29. The Morgan fingerprint density at radius 3 is 2.42 bits per heavy atom. The van der Waals surface area contributed by atoms with Gasteiger partial charge in [0.15, 0.2) is 0 Å². The number of piperidine rings is 1. The second kappa shape index (κ2) is 7.69. The standard InChI is InChI=1S/C19H26N2O3/c22-17-8-4-3-7-16(17)20-19(24)15-9-11-21(12-10-15)18(23)13-14-5-1-2-6-14/h3-4,7-8,14-15,22H,1-2,5-6,9-13H2,(H,20,24). The number of anilines is 1. The molecule has 0 spiro atoms. The van der Waals surface area contributed by atoms with E-state index in [0.717, 1.165) is 0 Å². The summed E-state index contributed by atoms with van der Waals surface area (Å²) in [7, 11) is 0. The maximum atomic E-state index is 12.4. The van der Waals surface area contributed by atoms with Crippen LogP contribution in [0.15, 0.2) is 24.3 Å². The van der Waals surface area contributed by atoms with Crippen LogP contribution in [0, 0.1) is 11.8 Å². The van der Waals surface area contributed by atoms with Crippen molar-refractivity contribution in [1.29, 1.82) is 0 Å². The van der Waals surface area contributed by atoms with Crippen molar-refractivity contribution in [2.24, 2.45) is 11.8 Å². The summed E-state index contributed by atoms with van der Waals surface area (Å²) >= 11 is 0. The Morgan fingerprint density at radius 1 is 1.08 bits per heavy atom. The van der Waals surface area contributed by atoms with Crippen molar-refractivity contribution in [3.63, 3.8) is 0 Å². The van der Waals surface area contributed by atoms with E-state index >= 15 is 0 Å². The van der Waals surface area contributed by atoms with E-state index in [1.54, 1.807) is 24.3 Å². The molecule has 130 valence electrons. The lowest BCUT2D eigenvalue weighted by atomic mass is 9.94. The Hall–Kier alpha value is -2.04. The monoisotopic (exact) mass is 330 g/mol. The van der Waals surface area contributed by atoms with E-state index in [4.69, 9.17) is 0 Å². The molecule has 5 heteroatoms. The number of para-hydroxylation sites is 2. The zero-order chi connectivity index (χ0) is 16.9. The highest BCUT2D eigenvalue weighted by Gasteiger charge is 2.29. The van der Waals surface area contributed by atoms with Crippen molar-refractivity contribution in [1.82, 2.24) is 4.90 Å². The summed E-state index contributed by atoms with van der Waals surface area (Å²) in [5.74, 6) is 0.732. The maximum absolute atomic E-state index is 12.4. The first-order valence-corrected chi connectivity index (χ1v) is 9.00. The summed E-state index contributed by atoms with van der Waals surface area (Å²) in [4.78, 5) is 26.6. The van der Waals surface area contributed by atoms with E-state index in [9.17, 15) is 14.7 Å². The molecule has 2 aliphatic rings. The number of rotatable bonds is 4. The molecule has 1 aliphatic heterocycles. The summed E-state index contributed by atoms with van der Waals surface area (Å²) in [6.07, 6.45) is 6.94. The average molecular weight is 330 g/mol. The molecule has 0 unspecified atom stereocenters. The first-order chi connectivity index (χ1) is 11.6. The lowest BCUT2D eigenvalue weighted by Crippen LogP contribution is -2.41. The SMILES string of the molecule is O=C(Nc1ccccc1O)C1CCN(C(=O)CC2CCCC2)CC1. The molecule has 0 atom stereocenters. The van der Waals surface area contributed by atoms with Gasteiger partial charge in [-0.25, -0.2) is 0 Å². The van der Waals surface area contributed by atoms with Crippen LogP contribution in [0.4, 0.5) is 5.69 Å². The Balaban J connectivity index is 1.46. The zero-order valence-electron chi connectivity index (χ0n) is 14.0. The van der Waals surface area contributed by atoms with Gasteiger partial charge in [0.2, 0.25) is 11.8 Å². The summed E-state index contributed by atoms with van der Waals surface area (Å²) < 4.78 is 0. The van der Waals surface area contributed by atoms with Crippen molar-refractivity contribution in [3.8, 4) is 5.75 Å². The number of phenolic OH excluding ortho intramolecular Hbond substituents is 1. The zero-order valence-corrected chi connectivity index (χ0v) is 14.0. The van der Waals surface area contributed by atoms with Gasteiger partial charge in [0.1, 0.15) is 5.75 Å². The van der Waals surface area contributed by atoms with E-state index in [1.165, 1.54) is 25.7 Å². The van der Waals surface area contributed by atoms with Gasteiger partial charge in [0, 0.05) is 25.4 Å². The number of amides is 2. The molecule has 0 radical (unpaired) electrons. The first kappa shape index (κ1) is 16.8. The molecular formula is C19H26N2O3. The Labute approximate surface area is 143 Å². The molecule has 1 aromatic rings. The van der Waals surface area contributed by atoms with Gasteiger partial charge in [0.25, 0.3) is 0 Å². The Morgan fingerprint density at radius 2 is 1.75 bits per heavy atom. The molecule has 1 aromatic carbocycles. The normalized spacial score (nSPS) is 19.4. The Bertz CT molecular complexity index is 588. The van der Waals surface area contributed by atoms with Gasteiger partial charge in [-0.1, -0.05) is 25.0 Å². The summed E-state index contributed by atoms with van der Waals surface area (Å²) in [6.45, 7) is 1.31. The van der Waals surface area contributed by atoms with Gasteiger partial charge >= 0.3 is 0 Å². The van der Waals surface area contributed by atoms with Gasteiger partial charge in [-0.2, -0.15) is 0 Å². The third kappa shape index (κ3) is 4.08.